The first-order chi connectivity index (χ1) is 23.9. The fraction of sp³-hybridized carbons (Fsp3) is 0.333. The number of carboxylic acid groups (broad SMARTS) is 1. The molecule has 2 aromatic carbocycles. The van der Waals surface area contributed by atoms with E-state index < -0.39 is 17.8 Å². The molecule has 264 valence electrons. The molecular weight excluding hydrogens is 754 g/mol. The van der Waals surface area contributed by atoms with Crippen molar-refractivity contribution < 1.29 is 33.4 Å². The molecule has 0 radical (unpaired) electrons. The van der Waals surface area contributed by atoms with Crippen LogP contribution >= 0.6 is 57.9 Å². The molecule has 0 spiro atoms. The number of ether oxygens (including phenoxy) is 1. The van der Waals surface area contributed by atoms with E-state index in [0.29, 0.717) is 63.0 Å². The summed E-state index contributed by atoms with van der Waals surface area (Å²) in [5.41, 5.74) is 2.08. The maximum atomic E-state index is 14.2. The van der Waals surface area contributed by atoms with E-state index in [1.54, 1.807) is 34.5 Å². The number of esters is 1. The van der Waals surface area contributed by atoms with Crippen molar-refractivity contribution in [3.63, 3.8) is 0 Å². The first-order valence-electron chi connectivity index (χ1n) is 15.5. The lowest BCUT2D eigenvalue weighted by Crippen LogP contribution is -2.31. The van der Waals surface area contributed by atoms with Crippen molar-refractivity contribution >= 4 is 99.1 Å². The van der Waals surface area contributed by atoms with E-state index in [9.17, 15) is 28.4 Å². The highest BCUT2D eigenvalue weighted by atomic mass is 35.5. The molecule has 0 atom stereocenters. The lowest BCUT2D eigenvalue weighted by Gasteiger charge is -2.16. The van der Waals surface area contributed by atoms with Crippen molar-refractivity contribution in [2.45, 2.75) is 63.4 Å². The Morgan fingerprint density at radius 2 is 1.66 bits per heavy atom. The second-order valence-corrected chi connectivity index (χ2v) is 14.3. The molecule has 0 saturated heterocycles. The number of carbonyl (C=O) groups is 4. The van der Waals surface area contributed by atoms with Crippen LogP contribution < -0.4 is 14.6 Å². The van der Waals surface area contributed by atoms with Crippen molar-refractivity contribution in [1.29, 1.82) is 0 Å². The summed E-state index contributed by atoms with van der Waals surface area (Å²) in [6.45, 7) is 3.17. The van der Waals surface area contributed by atoms with Crippen LogP contribution in [0.15, 0.2) is 61.2 Å². The van der Waals surface area contributed by atoms with Crippen LogP contribution in [0, 0.1) is 5.82 Å². The van der Waals surface area contributed by atoms with Crippen molar-refractivity contribution in [1.82, 2.24) is 9.36 Å². The summed E-state index contributed by atoms with van der Waals surface area (Å²) in [6, 6.07) is 7.26. The Bertz CT molecular complexity index is 2040. The van der Waals surface area contributed by atoms with E-state index in [-0.39, 0.29) is 44.8 Å². The van der Waals surface area contributed by atoms with E-state index in [0.717, 1.165) is 54.8 Å². The number of anilines is 1. The van der Waals surface area contributed by atoms with Crippen molar-refractivity contribution in [3.05, 3.63) is 82.4 Å². The molecule has 3 aromatic rings. The zero-order chi connectivity index (χ0) is 36.1. The normalized spacial score (nSPS) is 16.2. The molecule has 3 aliphatic rings. The van der Waals surface area contributed by atoms with Gasteiger partial charge < -0.3 is 9.84 Å². The van der Waals surface area contributed by atoms with Crippen LogP contribution in [0.1, 0.15) is 51.0 Å². The number of fused-ring (bicyclic) bond motifs is 1. The Labute approximate surface area is 308 Å². The lowest BCUT2D eigenvalue weighted by molar-refractivity contribution is -0.137. The summed E-state index contributed by atoms with van der Waals surface area (Å²) < 4.78 is 22.4. The molecule has 1 N–H and O–H groups in total. The molecule has 6 rings (SSSR count). The fourth-order valence-electron chi connectivity index (χ4n) is 5.52. The zero-order valence-electron chi connectivity index (χ0n) is 26.5. The van der Waals surface area contributed by atoms with E-state index in [1.165, 1.54) is 17.0 Å². The zero-order valence-corrected chi connectivity index (χ0v) is 30.4. The van der Waals surface area contributed by atoms with Crippen molar-refractivity contribution in [3.8, 4) is 0 Å². The number of amides is 2. The summed E-state index contributed by atoms with van der Waals surface area (Å²) in [7, 11) is 0. The van der Waals surface area contributed by atoms with Crippen molar-refractivity contribution in [2.75, 3.05) is 17.3 Å². The molecule has 0 bridgehead atoms. The Balaban J connectivity index is 0.000000195. The van der Waals surface area contributed by atoms with Crippen LogP contribution in [0.3, 0.4) is 0 Å². The number of hydrogen-bond donors (Lipinski definition) is 1. The van der Waals surface area contributed by atoms with Gasteiger partial charge in [-0.15, -0.1) is 11.8 Å². The molecule has 0 unspecified atom stereocenters. The SMILES string of the molecule is CCOC(=O)/C(Cl)=C/c1cc(N2C(=O)C3=C(CCCC3)C2=O)ccc1Cl.O=C(O)CSc1cc(N=c2sc(=O)n3n2CCCC3)c(F)cc1Cl. The number of aromatic nitrogens is 2. The molecule has 2 amide bonds. The minimum Gasteiger partial charge on any atom is -0.481 e. The van der Waals surface area contributed by atoms with E-state index in [2.05, 4.69) is 4.99 Å². The topological polar surface area (TPSA) is 140 Å². The summed E-state index contributed by atoms with van der Waals surface area (Å²) in [5.74, 6) is -3.02. The van der Waals surface area contributed by atoms with E-state index >= 15 is 0 Å². The van der Waals surface area contributed by atoms with E-state index in [4.69, 9.17) is 44.6 Å². The number of benzene rings is 2. The Kier molecular flexibility index (Phi) is 12.4. The smallest absolute Gasteiger partial charge is 0.349 e. The quantitative estimate of drug-likeness (QED) is 0.112. The molecule has 1 aromatic heterocycles. The Morgan fingerprint density at radius 3 is 2.30 bits per heavy atom. The van der Waals surface area contributed by atoms with Crippen LogP contribution in [-0.2, 0) is 37.0 Å². The molecule has 0 saturated carbocycles. The van der Waals surface area contributed by atoms with Crippen LogP contribution in [0.5, 0.6) is 0 Å². The van der Waals surface area contributed by atoms with Gasteiger partial charge in [-0.1, -0.05) is 34.8 Å². The summed E-state index contributed by atoms with van der Waals surface area (Å²) in [4.78, 5) is 65.8. The predicted octanol–water partition coefficient (Wildman–Crippen LogP) is 6.93. The Morgan fingerprint density at radius 1 is 1.00 bits per heavy atom. The average Bonchev–Trinajstić information content (AvgIpc) is 3.54. The Hall–Kier alpha value is -3.69. The number of thioether (sulfide) groups is 1. The van der Waals surface area contributed by atoms with Gasteiger partial charge in [-0.25, -0.2) is 23.8 Å². The molecule has 17 heteroatoms. The molecule has 11 nitrogen and oxygen atoms in total. The number of imide groups is 1. The maximum absolute atomic E-state index is 14.2. The standard InChI is InChI=1S/C19H17Cl2NO4.C14H13ClFN3O3S2/c1-2-26-19(25)16(21)10-11-9-12(7-8-15(11)20)22-17(23)13-5-3-4-6-14(13)18(22)24;15-8-5-9(16)10(6-11(8)23-7-12(20)21)17-13-18-3-1-2-4-19(18)14(22)24-13/h7-10H,2-6H2,1H3;5-6H,1-4,7H2,(H,20,21)/b16-10-;. The maximum Gasteiger partial charge on any atom is 0.349 e. The number of carbonyl (C=O) groups excluding carboxylic acids is 3. The van der Waals surface area contributed by atoms with Gasteiger partial charge in [-0.2, -0.15) is 0 Å². The van der Waals surface area contributed by atoms with Crippen LogP contribution in [0.4, 0.5) is 15.8 Å². The molecule has 1 aliphatic carbocycles. The number of rotatable bonds is 8. The second-order valence-electron chi connectivity index (χ2n) is 11.2. The summed E-state index contributed by atoms with van der Waals surface area (Å²) in [5, 5.41) is 9.10. The molecule has 0 fully saturated rings. The van der Waals surface area contributed by atoms with Crippen molar-refractivity contribution in [2.24, 2.45) is 4.99 Å². The van der Waals surface area contributed by atoms with Crippen LogP contribution in [0.2, 0.25) is 10.0 Å². The molecular formula is C33H30Cl3FN4O7S2. The first kappa shape index (κ1) is 37.6. The van der Waals surface area contributed by atoms with Gasteiger partial charge in [-0.05, 0) is 98.8 Å². The first-order valence-corrected chi connectivity index (χ1v) is 18.5. The molecule has 50 heavy (non-hydrogen) atoms. The van der Waals surface area contributed by atoms with Gasteiger partial charge in [0.2, 0.25) is 4.80 Å². The molecule has 2 aliphatic heterocycles. The highest BCUT2D eigenvalue weighted by Gasteiger charge is 2.39. The predicted molar refractivity (Wildman–Crippen MR) is 191 cm³/mol. The van der Waals surface area contributed by atoms with Crippen LogP contribution in [0.25, 0.3) is 6.08 Å². The number of nitrogens with zero attached hydrogens (tertiary/aromatic N) is 4. The number of carboxylic acids is 1. The van der Waals surface area contributed by atoms with Gasteiger partial charge in [0.1, 0.15) is 16.5 Å². The molecule has 3 heterocycles. The van der Waals surface area contributed by atoms with Crippen LogP contribution in [-0.4, -0.2) is 50.6 Å². The largest absolute Gasteiger partial charge is 0.481 e. The minimum atomic E-state index is -0.992. The highest BCUT2D eigenvalue weighted by molar-refractivity contribution is 8.00. The summed E-state index contributed by atoms with van der Waals surface area (Å²) in [6.07, 6.45) is 6.32. The monoisotopic (exact) mass is 782 g/mol. The van der Waals surface area contributed by atoms with Gasteiger partial charge in [0.15, 0.2) is 0 Å². The lowest BCUT2D eigenvalue weighted by atomic mass is 9.93. The van der Waals surface area contributed by atoms with E-state index in [1.807, 2.05) is 0 Å². The number of halogens is 4. The third kappa shape index (κ3) is 8.43. The van der Waals surface area contributed by atoms with Gasteiger partial charge in [0.05, 0.1) is 23.1 Å². The number of hydrogen-bond acceptors (Lipinski definition) is 9. The highest BCUT2D eigenvalue weighted by Crippen LogP contribution is 2.37. The fourth-order valence-corrected chi connectivity index (χ4v) is 7.74. The summed E-state index contributed by atoms with van der Waals surface area (Å²) >= 11 is 20.0. The third-order valence-corrected chi connectivity index (χ3v) is 10.8. The second kappa shape index (κ2) is 16.6. The van der Waals surface area contributed by atoms with Gasteiger partial charge in [0, 0.05) is 34.2 Å². The number of aliphatic carboxylic acids is 1. The van der Waals surface area contributed by atoms with Gasteiger partial charge in [0.25, 0.3) is 11.8 Å². The van der Waals surface area contributed by atoms with Gasteiger partial charge in [-0.3, -0.25) is 23.9 Å². The average molecular weight is 784 g/mol. The van der Waals surface area contributed by atoms with Gasteiger partial charge >= 0.3 is 16.8 Å². The minimum absolute atomic E-state index is 0.0370. The third-order valence-electron chi connectivity index (χ3n) is 7.84.